The number of pyridine rings is 1. The lowest BCUT2D eigenvalue weighted by atomic mass is 9.98. The molecule has 1 aliphatic rings. The van der Waals surface area contributed by atoms with E-state index in [1.165, 1.54) is 11.1 Å². The topological polar surface area (TPSA) is 86.4 Å². The number of anilines is 2. The third-order valence-electron chi connectivity index (χ3n) is 5.38. The highest BCUT2D eigenvalue weighted by Gasteiger charge is 2.23. The Kier molecular flexibility index (Phi) is 5.89. The molecule has 0 spiro atoms. The Balaban J connectivity index is 1.70. The summed E-state index contributed by atoms with van der Waals surface area (Å²) >= 11 is 0. The Morgan fingerprint density at radius 2 is 1.81 bits per heavy atom. The number of aromatic nitrogens is 3. The van der Waals surface area contributed by atoms with E-state index in [-0.39, 0.29) is 0 Å². The highest BCUT2D eigenvalue weighted by Crippen LogP contribution is 2.34. The molecule has 0 amide bonds. The van der Waals surface area contributed by atoms with Crippen LogP contribution in [0.15, 0.2) is 36.8 Å². The highest BCUT2D eigenvalue weighted by atomic mass is 16.5. The van der Waals surface area contributed by atoms with Gasteiger partial charge in [-0.05, 0) is 48.2 Å². The second-order valence-corrected chi connectivity index (χ2v) is 7.24. The first-order valence-corrected chi connectivity index (χ1v) is 10.2. The van der Waals surface area contributed by atoms with Gasteiger partial charge in [0.2, 0.25) is 0 Å². The van der Waals surface area contributed by atoms with Gasteiger partial charge in [0.1, 0.15) is 18.0 Å². The molecule has 7 heteroatoms. The molecule has 2 N–H and O–H groups in total. The van der Waals surface area contributed by atoms with Gasteiger partial charge in [-0.25, -0.2) is 15.0 Å². The molecular weight excluding hydrogens is 390 g/mol. The normalized spacial score (nSPS) is 12.5. The van der Waals surface area contributed by atoms with Crippen LogP contribution >= 0.6 is 0 Å². The summed E-state index contributed by atoms with van der Waals surface area (Å²) in [4.78, 5) is 15.4. The van der Waals surface area contributed by atoms with Gasteiger partial charge < -0.3 is 20.1 Å². The van der Waals surface area contributed by atoms with Crippen LogP contribution in [0.4, 0.5) is 11.6 Å². The lowest BCUT2D eigenvalue weighted by molar-refractivity contribution is 0.353. The zero-order valence-corrected chi connectivity index (χ0v) is 18.0. The molecule has 0 saturated heterocycles. The van der Waals surface area contributed by atoms with Gasteiger partial charge in [-0.3, -0.25) is 0 Å². The second kappa shape index (κ2) is 8.92. The van der Waals surface area contributed by atoms with Gasteiger partial charge in [-0.1, -0.05) is 18.8 Å². The predicted molar refractivity (Wildman–Crippen MR) is 120 cm³/mol. The number of nitrogen functional groups attached to an aromatic ring is 1. The van der Waals surface area contributed by atoms with E-state index >= 15 is 0 Å². The third kappa shape index (κ3) is 4.24. The average molecular weight is 415 g/mol. The van der Waals surface area contributed by atoms with Gasteiger partial charge in [0.25, 0.3) is 0 Å². The average Bonchev–Trinajstić information content (AvgIpc) is 2.82. The number of methoxy groups -OCH3 is 2. The van der Waals surface area contributed by atoms with Crippen molar-refractivity contribution in [2.75, 3.05) is 31.4 Å². The van der Waals surface area contributed by atoms with Crippen molar-refractivity contribution >= 4 is 11.6 Å². The number of aryl methyl sites for hydroxylation is 1. The van der Waals surface area contributed by atoms with Crippen molar-refractivity contribution in [2.24, 2.45) is 0 Å². The predicted octanol–water partition coefficient (Wildman–Crippen LogP) is 3.00. The molecule has 1 aliphatic heterocycles. The van der Waals surface area contributed by atoms with E-state index in [2.05, 4.69) is 44.7 Å². The van der Waals surface area contributed by atoms with Crippen molar-refractivity contribution < 1.29 is 9.47 Å². The molecule has 0 atom stereocenters. The Morgan fingerprint density at radius 3 is 2.48 bits per heavy atom. The molecule has 1 aromatic carbocycles. The van der Waals surface area contributed by atoms with Crippen LogP contribution in [0.2, 0.25) is 0 Å². The maximum absolute atomic E-state index is 5.68. The zero-order valence-electron chi connectivity index (χ0n) is 18.0. The first kappa shape index (κ1) is 20.5. The molecule has 3 heterocycles. The van der Waals surface area contributed by atoms with E-state index in [1.54, 1.807) is 32.8 Å². The minimum Gasteiger partial charge on any atom is -0.493 e. The second-order valence-electron chi connectivity index (χ2n) is 7.24. The number of nitrogens with zero attached hydrogens (tertiary/aromatic N) is 4. The molecule has 7 nitrogen and oxygen atoms in total. The molecule has 0 bridgehead atoms. The minimum atomic E-state index is 0.475. The van der Waals surface area contributed by atoms with Crippen LogP contribution in [0.25, 0.3) is 0 Å². The van der Waals surface area contributed by atoms with Gasteiger partial charge in [-0.2, -0.15) is 0 Å². The molecule has 0 saturated carbocycles. The Morgan fingerprint density at radius 1 is 1.03 bits per heavy atom. The van der Waals surface area contributed by atoms with Crippen molar-refractivity contribution in [1.82, 2.24) is 15.0 Å². The Bertz CT molecular complexity index is 1150. The molecule has 158 valence electrons. The molecule has 0 radical (unpaired) electrons. The molecule has 3 aromatic rings. The summed E-state index contributed by atoms with van der Waals surface area (Å²) in [6.45, 7) is 3.62. The standard InChI is InChI=1S/C24H25N5O2/c1-4-20-19(7-5-16-6-8-23(25)26-13-16)24(28-15-27-20)29-10-9-17-11-21(30-2)22(31-3)12-18(17)14-29/h6,8,11-13,15H,4,9-10,14H2,1-3H3,(H2,25,26). The number of rotatable bonds is 4. The monoisotopic (exact) mass is 415 g/mol. The van der Waals surface area contributed by atoms with E-state index in [0.717, 1.165) is 53.5 Å². The fraction of sp³-hybridized carbons (Fsp3) is 0.292. The van der Waals surface area contributed by atoms with Crippen LogP contribution in [0, 0.1) is 11.8 Å². The van der Waals surface area contributed by atoms with Crippen LogP contribution in [-0.2, 0) is 19.4 Å². The largest absolute Gasteiger partial charge is 0.493 e. The van der Waals surface area contributed by atoms with E-state index in [1.807, 2.05) is 12.1 Å². The van der Waals surface area contributed by atoms with Crippen LogP contribution < -0.4 is 20.1 Å². The van der Waals surface area contributed by atoms with Gasteiger partial charge in [0.15, 0.2) is 11.5 Å². The third-order valence-corrected chi connectivity index (χ3v) is 5.38. The fourth-order valence-electron chi connectivity index (χ4n) is 3.73. The van der Waals surface area contributed by atoms with Crippen LogP contribution in [0.5, 0.6) is 11.5 Å². The SMILES string of the molecule is CCc1ncnc(N2CCc3cc(OC)c(OC)cc3C2)c1C#Cc1ccc(N)nc1. The number of nitrogens with two attached hydrogens (primary N) is 1. The number of ether oxygens (including phenoxy) is 2. The summed E-state index contributed by atoms with van der Waals surface area (Å²) in [6.07, 6.45) is 4.95. The number of hydrogen-bond acceptors (Lipinski definition) is 7. The zero-order chi connectivity index (χ0) is 21.8. The molecule has 2 aromatic heterocycles. The number of hydrogen-bond donors (Lipinski definition) is 1. The summed E-state index contributed by atoms with van der Waals surface area (Å²) in [5, 5.41) is 0. The summed E-state index contributed by atoms with van der Waals surface area (Å²) < 4.78 is 10.9. The fourth-order valence-corrected chi connectivity index (χ4v) is 3.73. The number of fused-ring (bicyclic) bond motifs is 1. The van der Waals surface area contributed by atoms with E-state index in [4.69, 9.17) is 15.2 Å². The van der Waals surface area contributed by atoms with Crippen LogP contribution in [-0.4, -0.2) is 35.7 Å². The molecule has 0 aliphatic carbocycles. The van der Waals surface area contributed by atoms with E-state index < -0.39 is 0 Å². The molecule has 31 heavy (non-hydrogen) atoms. The van der Waals surface area contributed by atoms with Gasteiger partial charge in [0.05, 0.1) is 25.5 Å². The summed E-state index contributed by atoms with van der Waals surface area (Å²) in [7, 11) is 3.32. The minimum absolute atomic E-state index is 0.475. The van der Waals surface area contributed by atoms with Crippen molar-refractivity contribution in [3.63, 3.8) is 0 Å². The van der Waals surface area contributed by atoms with Crippen LogP contribution in [0.3, 0.4) is 0 Å². The Hall–Kier alpha value is -3.79. The van der Waals surface area contributed by atoms with Crippen molar-refractivity contribution in [2.45, 2.75) is 26.3 Å². The smallest absolute Gasteiger partial charge is 0.161 e. The van der Waals surface area contributed by atoms with Crippen molar-refractivity contribution in [1.29, 1.82) is 0 Å². The molecule has 4 rings (SSSR count). The van der Waals surface area contributed by atoms with Crippen molar-refractivity contribution in [3.05, 3.63) is 64.7 Å². The highest BCUT2D eigenvalue weighted by molar-refractivity contribution is 5.61. The first-order chi connectivity index (χ1) is 15.1. The lowest BCUT2D eigenvalue weighted by Gasteiger charge is -2.31. The first-order valence-electron chi connectivity index (χ1n) is 10.2. The van der Waals surface area contributed by atoms with Gasteiger partial charge >= 0.3 is 0 Å². The van der Waals surface area contributed by atoms with Gasteiger partial charge in [-0.15, -0.1) is 0 Å². The van der Waals surface area contributed by atoms with E-state index in [0.29, 0.717) is 12.4 Å². The van der Waals surface area contributed by atoms with Gasteiger partial charge in [0, 0.05) is 24.8 Å². The van der Waals surface area contributed by atoms with E-state index in [9.17, 15) is 0 Å². The lowest BCUT2D eigenvalue weighted by Crippen LogP contribution is -2.32. The summed E-state index contributed by atoms with van der Waals surface area (Å²) in [6, 6.07) is 7.73. The summed E-state index contributed by atoms with van der Waals surface area (Å²) in [5.41, 5.74) is 10.7. The molecule has 0 unspecified atom stereocenters. The quantitative estimate of drug-likeness (QED) is 0.656. The van der Waals surface area contributed by atoms with Crippen molar-refractivity contribution in [3.8, 4) is 23.3 Å². The Labute approximate surface area is 182 Å². The maximum atomic E-state index is 5.68. The van der Waals surface area contributed by atoms with Crippen LogP contribution in [0.1, 0.15) is 34.9 Å². The molecule has 0 fully saturated rings. The maximum Gasteiger partial charge on any atom is 0.161 e. The molecular formula is C24H25N5O2. The summed E-state index contributed by atoms with van der Waals surface area (Å²) in [5.74, 6) is 9.29. The number of benzene rings is 1.